The van der Waals surface area contributed by atoms with Crippen LogP contribution in [0.5, 0.6) is 0 Å². The van der Waals surface area contributed by atoms with E-state index in [9.17, 15) is 32.9 Å². The van der Waals surface area contributed by atoms with E-state index in [1.807, 2.05) is 0 Å². The Kier molecular flexibility index (Phi) is 4.82. The largest absolute Gasteiger partial charge is 0.418 e. The molecule has 28 heavy (non-hydrogen) atoms. The maximum absolute atomic E-state index is 13.1. The summed E-state index contributed by atoms with van der Waals surface area (Å²) < 4.78 is 39.4. The van der Waals surface area contributed by atoms with E-state index < -0.39 is 44.9 Å². The van der Waals surface area contributed by atoms with Crippen LogP contribution in [0.3, 0.4) is 0 Å². The molecule has 3 rings (SSSR count). The van der Waals surface area contributed by atoms with Crippen molar-refractivity contribution in [3.05, 3.63) is 74.9 Å². The number of carbonyl (C=O) groups is 2. The van der Waals surface area contributed by atoms with E-state index in [1.165, 1.54) is 24.3 Å². The van der Waals surface area contributed by atoms with Crippen molar-refractivity contribution >= 4 is 40.5 Å². The molecule has 0 bridgehead atoms. The lowest BCUT2D eigenvalue weighted by Crippen LogP contribution is -2.32. The van der Waals surface area contributed by atoms with E-state index in [2.05, 4.69) is 5.32 Å². The number of rotatable bonds is 4. The number of hydrogen-bond donors (Lipinski definition) is 1. The van der Waals surface area contributed by atoms with Gasteiger partial charge < -0.3 is 5.32 Å². The number of nitro groups is 1. The van der Waals surface area contributed by atoms with Gasteiger partial charge in [-0.15, -0.1) is 0 Å². The zero-order valence-electron chi connectivity index (χ0n) is 13.7. The minimum atomic E-state index is -4.71. The smallest absolute Gasteiger partial charge is 0.349 e. The number of nitro benzene ring substituents is 1. The second kappa shape index (κ2) is 6.97. The molecule has 1 aliphatic heterocycles. The first kappa shape index (κ1) is 19.4. The van der Waals surface area contributed by atoms with Crippen LogP contribution in [0, 0.1) is 10.1 Å². The zero-order valence-corrected chi connectivity index (χ0v) is 14.4. The molecule has 0 spiro atoms. The van der Waals surface area contributed by atoms with E-state index in [1.54, 1.807) is 0 Å². The Labute approximate surface area is 160 Å². The minimum Gasteiger partial charge on any atom is -0.349 e. The van der Waals surface area contributed by atoms with Gasteiger partial charge in [-0.2, -0.15) is 13.2 Å². The maximum atomic E-state index is 13.1. The molecule has 0 unspecified atom stereocenters. The molecule has 0 aliphatic carbocycles. The van der Waals surface area contributed by atoms with Crippen LogP contribution in [0.15, 0.2) is 59.3 Å². The minimum absolute atomic E-state index is 0.136. The molecule has 0 saturated heterocycles. The molecular weight excluding hydrogens is 403 g/mol. The Bertz CT molecular complexity index is 1040. The van der Waals surface area contributed by atoms with Crippen LogP contribution in [0.25, 0.3) is 0 Å². The summed E-state index contributed by atoms with van der Waals surface area (Å²) in [5.74, 6) is -2.05. The number of para-hydroxylation sites is 1. The van der Waals surface area contributed by atoms with Crippen LogP contribution in [-0.2, 0) is 15.8 Å². The normalized spacial score (nSPS) is 14.6. The van der Waals surface area contributed by atoms with Gasteiger partial charge in [-0.1, -0.05) is 29.8 Å². The number of halogens is 4. The molecule has 1 N–H and O–H groups in total. The summed E-state index contributed by atoms with van der Waals surface area (Å²) in [6.07, 6.45) is -4.71. The van der Waals surface area contributed by atoms with E-state index in [0.29, 0.717) is 4.90 Å². The Hall–Kier alpha value is -3.40. The van der Waals surface area contributed by atoms with Gasteiger partial charge in [-0.05, 0) is 18.2 Å². The molecule has 7 nitrogen and oxygen atoms in total. The predicted octanol–water partition coefficient (Wildman–Crippen LogP) is 4.05. The first-order valence-electron chi connectivity index (χ1n) is 7.57. The third-order valence-electron chi connectivity index (χ3n) is 3.82. The maximum Gasteiger partial charge on any atom is 0.418 e. The lowest BCUT2D eigenvalue weighted by atomic mass is 10.1. The molecular formula is C17H9ClF3N3O4. The number of anilines is 2. The molecule has 2 aromatic rings. The van der Waals surface area contributed by atoms with Crippen molar-refractivity contribution in [2.45, 2.75) is 6.18 Å². The van der Waals surface area contributed by atoms with Crippen molar-refractivity contribution < 1.29 is 27.7 Å². The molecule has 0 aromatic heterocycles. The highest BCUT2D eigenvalue weighted by atomic mass is 35.5. The van der Waals surface area contributed by atoms with Gasteiger partial charge in [0, 0.05) is 12.1 Å². The van der Waals surface area contributed by atoms with Crippen molar-refractivity contribution in [2.24, 2.45) is 0 Å². The standard InChI is InChI=1S/C17H9ClF3N3O4/c18-13-14(22-12-7-2-1-6-11(12)17(19,20)21)16(26)23(15(13)25)9-4-3-5-10(8-9)24(27)28/h1-8,22H. The molecule has 0 radical (unpaired) electrons. The van der Waals surface area contributed by atoms with Crippen molar-refractivity contribution in [3.63, 3.8) is 0 Å². The van der Waals surface area contributed by atoms with Gasteiger partial charge in [-0.25, -0.2) is 4.90 Å². The summed E-state index contributed by atoms with van der Waals surface area (Å²) >= 11 is 5.88. The number of benzene rings is 2. The topological polar surface area (TPSA) is 92.6 Å². The van der Waals surface area contributed by atoms with E-state index in [-0.39, 0.29) is 11.4 Å². The molecule has 144 valence electrons. The number of hydrogen-bond acceptors (Lipinski definition) is 5. The molecule has 11 heteroatoms. The summed E-state index contributed by atoms with van der Waals surface area (Å²) in [7, 11) is 0. The van der Waals surface area contributed by atoms with Crippen LogP contribution < -0.4 is 10.2 Å². The fourth-order valence-corrected chi connectivity index (χ4v) is 2.78. The summed E-state index contributed by atoms with van der Waals surface area (Å²) in [6, 6.07) is 9.01. The zero-order chi connectivity index (χ0) is 20.6. The molecule has 2 aromatic carbocycles. The molecule has 1 heterocycles. The van der Waals surface area contributed by atoms with Gasteiger partial charge in [0.1, 0.15) is 10.7 Å². The Morgan fingerprint density at radius 1 is 1.04 bits per heavy atom. The molecule has 0 saturated carbocycles. The summed E-state index contributed by atoms with van der Waals surface area (Å²) in [6.45, 7) is 0. The quantitative estimate of drug-likeness (QED) is 0.465. The third-order valence-corrected chi connectivity index (χ3v) is 4.17. The number of alkyl halides is 3. The number of carbonyl (C=O) groups excluding carboxylic acids is 2. The number of nitrogens with zero attached hydrogens (tertiary/aromatic N) is 2. The second-order valence-electron chi connectivity index (χ2n) is 5.58. The highest BCUT2D eigenvalue weighted by molar-refractivity contribution is 6.53. The molecule has 1 aliphatic rings. The summed E-state index contributed by atoms with van der Waals surface area (Å²) in [4.78, 5) is 35.7. The van der Waals surface area contributed by atoms with E-state index in [4.69, 9.17) is 11.6 Å². The van der Waals surface area contributed by atoms with Crippen molar-refractivity contribution in [2.75, 3.05) is 10.2 Å². The van der Waals surface area contributed by atoms with E-state index >= 15 is 0 Å². The van der Waals surface area contributed by atoms with Crippen molar-refractivity contribution in [1.82, 2.24) is 0 Å². The molecule has 2 amide bonds. The van der Waals surface area contributed by atoms with Crippen molar-refractivity contribution in [1.29, 1.82) is 0 Å². The first-order chi connectivity index (χ1) is 13.1. The van der Waals surface area contributed by atoms with Gasteiger partial charge in [0.25, 0.3) is 17.5 Å². The second-order valence-corrected chi connectivity index (χ2v) is 5.96. The third kappa shape index (κ3) is 3.41. The van der Waals surface area contributed by atoms with E-state index in [0.717, 1.165) is 24.3 Å². The SMILES string of the molecule is O=C1C(Cl)=C(Nc2ccccc2C(F)(F)F)C(=O)N1c1cccc([N+](=O)[O-])c1. The van der Waals surface area contributed by atoms with Gasteiger partial charge >= 0.3 is 6.18 Å². The van der Waals surface area contributed by atoms with Crippen LogP contribution in [0.2, 0.25) is 0 Å². The van der Waals surface area contributed by atoms with Crippen molar-refractivity contribution in [3.8, 4) is 0 Å². The van der Waals surface area contributed by atoms with Gasteiger partial charge in [0.05, 0.1) is 21.9 Å². The number of nitrogens with one attached hydrogen (secondary N) is 1. The van der Waals surface area contributed by atoms with Crippen LogP contribution in [0.4, 0.5) is 30.2 Å². The highest BCUT2D eigenvalue weighted by Gasteiger charge is 2.41. The summed E-state index contributed by atoms with van der Waals surface area (Å²) in [5.41, 5.74) is -2.60. The molecule has 0 fully saturated rings. The number of non-ortho nitro benzene ring substituents is 1. The van der Waals surface area contributed by atoms with Crippen LogP contribution in [0.1, 0.15) is 5.56 Å². The number of imide groups is 1. The Morgan fingerprint density at radius 2 is 1.71 bits per heavy atom. The average molecular weight is 412 g/mol. The molecule has 0 atom stereocenters. The lowest BCUT2D eigenvalue weighted by Gasteiger charge is -2.16. The van der Waals surface area contributed by atoms with Gasteiger partial charge in [0.2, 0.25) is 0 Å². The van der Waals surface area contributed by atoms with Crippen LogP contribution >= 0.6 is 11.6 Å². The highest BCUT2D eigenvalue weighted by Crippen LogP contribution is 2.37. The van der Waals surface area contributed by atoms with Crippen LogP contribution in [-0.4, -0.2) is 16.7 Å². The van der Waals surface area contributed by atoms with Gasteiger partial charge in [0.15, 0.2) is 0 Å². The lowest BCUT2D eigenvalue weighted by molar-refractivity contribution is -0.384. The Balaban J connectivity index is 1.98. The fourth-order valence-electron chi connectivity index (χ4n) is 2.57. The number of amides is 2. The first-order valence-corrected chi connectivity index (χ1v) is 7.95. The summed E-state index contributed by atoms with van der Waals surface area (Å²) in [5, 5.41) is 12.5. The predicted molar refractivity (Wildman–Crippen MR) is 93.5 cm³/mol. The van der Waals surface area contributed by atoms with Gasteiger partial charge in [-0.3, -0.25) is 19.7 Å². The average Bonchev–Trinajstić information content (AvgIpc) is 2.85. The fraction of sp³-hybridized carbons (Fsp3) is 0.0588. The Morgan fingerprint density at radius 3 is 2.36 bits per heavy atom. The monoisotopic (exact) mass is 411 g/mol.